The molecule has 3 aromatic heterocycles. The molecule has 0 fully saturated rings. The third-order valence-corrected chi connectivity index (χ3v) is 4.48. The fraction of sp³-hybridized carbons (Fsp3) is 0.238. The van der Waals surface area contributed by atoms with Gasteiger partial charge in [-0.2, -0.15) is 0 Å². The molecule has 3 heterocycles. The monoisotopic (exact) mass is 361 g/mol. The van der Waals surface area contributed by atoms with Gasteiger partial charge in [-0.3, -0.25) is 24.6 Å². The van der Waals surface area contributed by atoms with Crippen LogP contribution in [0.1, 0.15) is 22.7 Å². The van der Waals surface area contributed by atoms with Crippen molar-refractivity contribution in [2.75, 3.05) is 13.1 Å². The molecule has 1 amide bonds. The molecule has 6 nitrogen and oxygen atoms in total. The maximum atomic E-state index is 12.3. The van der Waals surface area contributed by atoms with E-state index in [2.05, 4.69) is 19.9 Å². The van der Waals surface area contributed by atoms with Crippen LogP contribution in [0.15, 0.2) is 73.6 Å². The predicted molar refractivity (Wildman–Crippen MR) is 104 cm³/mol. The van der Waals surface area contributed by atoms with Crippen molar-refractivity contribution in [2.45, 2.75) is 18.9 Å². The van der Waals surface area contributed by atoms with Crippen molar-refractivity contribution in [3.8, 4) is 0 Å². The van der Waals surface area contributed by atoms with E-state index in [0.717, 1.165) is 24.0 Å². The minimum Gasteiger partial charge on any atom is -0.368 e. The maximum absolute atomic E-state index is 12.3. The Morgan fingerprint density at radius 2 is 1.52 bits per heavy atom. The summed E-state index contributed by atoms with van der Waals surface area (Å²) in [6.45, 7) is 1.39. The normalized spacial score (nSPS) is 12.0. The summed E-state index contributed by atoms with van der Waals surface area (Å²) in [5, 5.41) is 0. The Morgan fingerprint density at radius 3 is 2.11 bits per heavy atom. The SMILES string of the molecule is NC(=O)C(c1cccnc1)N(CCc1ccncc1)CCc1cccnc1. The molecule has 6 heteroatoms. The zero-order valence-electron chi connectivity index (χ0n) is 15.1. The first-order valence-corrected chi connectivity index (χ1v) is 8.95. The van der Waals surface area contributed by atoms with E-state index in [4.69, 9.17) is 5.73 Å². The molecular weight excluding hydrogens is 338 g/mol. The van der Waals surface area contributed by atoms with Crippen LogP contribution in [0.3, 0.4) is 0 Å². The number of amides is 1. The van der Waals surface area contributed by atoms with Crippen LogP contribution in [0.25, 0.3) is 0 Å². The third-order valence-electron chi connectivity index (χ3n) is 4.48. The summed E-state index contributed by atoms with van der Waals surface area (Å²) in [5.41, 5.74) is 8.89. The van der Waals surface area contributed by atoms with Gasteiger partial charge in [-0.15, -0.1) is 0 Å². The molecule has 0 saturated heterocycles. The van der Waals surface area contributed by atoms with Crippen molar-refractivity contribution in [3.05, 3.63) is 90.3 Å². The predicted octanol–water partition coefficient (Wildman–Crippen LogP) is 2.19. The largest absolute Gasteiger partial charge is 0.368 e. The van der Waals surface area contributed by atoms with Gasteiger partial charge in [0, 0.05) is 50.3 Å². The molecule has 27 heavy (non-hydrogen) atoms. The molecule has 0 aliphatic heterocycles. The van der Waals surface area contributed by atoms with Gasteiger partial charge in [-0.05, 0) is 53.8 Å². The van der Waals surface area contributed by atoms with E-state index < -0.39 is 6.04 Å². The van der Waals surface area contributed by atoms with Crippen LogP contribution in [0.5, 0.6) is 0 Å². The number of nitrogens with zero attached hydrogens (tertiary/aromatic N) is 4. The standard InChI is InChI=1S/C21H23N5O/c22-21(27)20(19-4-2-10-25-16-19)26(13-7-17-5-11-23-12-6-17)14-8-18-3-1-9-24-15-18/h1-6,9-12,15-16,20H,7-8,13-14H2,(H2,22,27). The van der Waals surface area contributed by atoms with Crippen molar-refractivity contribution in [1.29, 1.82) is 0 Å². The van der Waals surface area contributed by atoms with Crippen LogP contribution in [-0.2, 0) is 17.6 Å². The van der Waals surface area contributed by atoms with E-state index in [1.54, 1.807) is 31.0 Å². The van der Waals surface area contributed by atoms with E-state index in [1.807, 2.05) is 42.6 Å². The van der Waals surface area contributed by atoms with Gasteiger partial charge in [-0.25, -0.2) is 0 Å². The molecule has 2 N–H and O–H groups in total. The number of primary amides is 1. The summed E-state index contributed by atoms with van der Waals surface area (Å²) in [5.74, 6) is -0.371. The average molecular weight is 361 g/mol. The zero-order valence-corrected chi connectivity index (χ0v) is 15.1. The quantitative estimate of drug-likeness (QED) is 0.631. The number of pyridine rings is 3. The molecule has 0 aliphatic rings. The van der Waals surface area contributed by atoms with E-state index >= 15 is 0 Å². The number of aromatic nitrogens is 3. The molecule has 1 unspecified atom stereocenters. The molecule has 0 radical (unpaired) electrons. The highest BCUT2D eigenvalue weighted by atomic mass is 16.1. The van der Waals surface area contributed by atoms with Gasteiger partial charge >= 0.3 is 0 Å². The third kappa shape index (κ3) is 5.43. The van der Waals surface area contributed by atoms with E-state index in [9.17, 15) is 4.79 Å². The lowest BCUT2D eigenvalue weighted by Crippen LogP contribution is -2.40. The fourth-order valence-electron chi connectivity index (χ4n) is 3.10. The number of nitrogens with two attached hydrogens (primary N) is 1. The van der Waals surface area contributed by atoms with E-state index in [0.29, 0.717) is 13.1 Å². The van der Waals surface area contributed by atoms with Gasteiger partial charge in [0.2, 0.25) is 5.91 Å². The summed E-state index contributed by atoms with van der Waals surface area (Å²) in [6, 6.07) is 11.1. The topological polar surface area (TPSA) is 85.0 Å². The Hall–Kier alpha value is -3.12. The number of carbonyl (C=O) groups excluding carboxylic acids is 1. The Labute approximate surface area is 159 Å². The highest BCUT2D eigenvalue weighted by molar-refractivity contribution is 5.81. The Balaban J connectivity index is 1.79. The highest BCUT2D eigenvalue weighted by Crippen LogP contribution is 2.21. The number of hydrogen-bond donors (Lipinski definition) is 1. The summed E-state index contributed by atoms with van der Waals surface area (Å²) in [4.78, 5) is 26.8. The molecule has 3 aromatic rings. The van der Waals surface area contributed by atoms with Gasteiger partial charge in [0.25, 0.3) is 0 Å². The van der Waals surface area contributed by atoms with Crippen molar-refractivity contribution in [1.82, 2.24) is 19.9 Å². The van der Waals surface area contributed by atoms with Crippen molar-refractivity contribution in [3.63, 3.8) is 0 Å². The van der Waals surface area contributed by atoms with Crippen molar-refractivity contribution in [2.24, 2.45) is 5.73 Å². The number of carbonyl (C=O) groups is 1. The first-order chi connectivity index (χ1) is 13.2. The molecule has 3 rings (SSSR count). The first-order valence-electron chi connectivity index (χ1n) is 8.95. The van der Waals surface area contributed by atoms with Gasteiger partial charge < -0.3 is 5.73 Å². The first kappa shape index (κ1) is 18.7. The minimum absolute atomic E-state index is 0.371. The second-order valence-electron chi connectivity index (χ2n) is 6.34. The Kier molecular flexibility index (Phi) is 6.60. The molecule has 0 bridgehead atoms. The second kappa shape index (κ2) is 9.54. The Bertz CT molecular complexity index is 783. The molecule has 0 aliphatic carbocycles. The van der Waals surface area contributed by atoms with Crippen LogP contribution in [0.2, 0.25) is 0 Å². The van der Waals surface area contributed by atoms with Crippen LogP contribution in [0, 0.1) is 0 Å². The summed E-state index contributed by atoms with van der Waals surface area (Å²) < 4.78 is 0. The van der Waals surface area contributed by atoms with Crippen molar-refractivity contribution < 1.29 is 4.79 Å². The average Bonchev–Trinajstić information content (AvgIpc) is 2.72. The summed E-state index contributed by atoms with van der Waals surface area (Å²) >= 11 is 0. The van der Waals surface area contributed by atoms with Crippen molar-refractivity contribution >= 4 is 5.91 Å². The maximum Gasteiger partial charge on any atom is 0.239 e. The van der Waals surface area contributed by atoms with Crippen LogP contribution in [0.4, 0.5) is 0 Å². The lowest BCUT2D eigenvalue weighted by molar-refractivity contribution is -0.123. The number of rotatable bonds is 9. The fourth-order valence-corrected chi connectivity index (χ4v) is 3.10. The van der Waals surface area contributed by atoms with Gasteiger partial charge in [-0.1, -0.05) is 12.1 Å². The molecule has 0 aromatic carbocycles. The highest BCUT2D eigenvalue weighted by Gasteiger charge is 2.25. The molecule has 138 valence electrons. The minimum atomic E-state index is -0.516. The van der Waals surface area contributed by atoms with Gasteiger partial charge in [0.05, 0.1) is 0 Å². The summed E-state index contributed by atoms with van der Waals surface area (Å²) in [6.07, 6.45) is 12.2. The van der Waals surface area contributed by atoms with Crippen LogP contribution in [-0.4, -0.2) is 38.8 Å². The molecule has 1 atom stereocenters. The van der Waals surface area contributed by atoms with E-state index in [1.165, 1.54) is 5.56 Å². The van der Waals surface area contributed by atoms with E-state index in [-0.39, 0.29) is 5.91 Å². The molecular formula is C21H23N5O. The lowest BCUT2D eigenvalue weighted by atomic mass is 10.0. The molecule has 0 spiro atoms. The summed E-state index contributed by atoms with van der Waals surface area (Å²) in [7, 11) is 0. The van der Waals surface area contributed by atoms with Gasteiger partial charge in [0.1, 0.15) is 6.04 Å². The smallest absolute Gasteiger partial charge is 0.239 e. The lowest BCUT2D eigenvalue weighted by Gasteiger charge is -2.30. The van der Waals surface area contributed by atoms with Crippen LogP contribution < -0.4 is 5.73 Å². The molecule has 0 saturated carbocycles. The second-order valence-corrected chi connectivity index (χ2v) is 6.34. The number of hydrogen-bond acceptors (Lipinski definition) is 5. The zero-order chi connectivity index (χ0) is 18.9. The van der Waals surface area contributed by atoms with Gasteiger partial charge in [0.15, 0.2) is 0 Å². The Morgan fingerprint density at radius 1 is 0.852 bits per heavy atom. The van der Waals surface area contributed by atoms with Crippen LogP contribution >= 0.6 is 0 Å².